The molecule has 0 aliphatic carbocycles. The predicted octanol–water partition coefficient (Wildman–Crippen LogP) is 0.962. The Balaban J connectivity index is 2.29. The lowest BCUT2D eigenvalue weighted by molar-refractivity contribution is 0.174. The van der Waals surface area contributed by atoms with E-state index >= 15 is 0 Å². The number of nitrogens with two attached hydrogens (primary N) is 1. The second-order valence-electron chi connectivity index (χ2n) is 3.58. The largest absolute Gasteiger partial charge is 0.492 e. The van der Waals surface area contributed by atoms with Gasteiger partial charge < -0.3 is 15.6 Å². The van der Waals surface area contributed by atoms with Crippen LogP contribution in [0.3, 0.4) is 0 Å². The molecule has 16 heavy (non-hydrogen) atoms. The van der Waals surface area contributed by atoms with Crippen LogP contribution in [-0.4, -0.2) is 42.9 Å². The van der Waals surface area contributed by atoms with E-state index < -0.39 is 0 Å². The van der Waals surface area contributed by atoms with Crippen molar-refractivity contribution >= 4 is 5.69 Å². The zero-order valence-corrected chi connectivity index (χ0v) is 9.72. The molecule has 0 radical (unpaired) electrons. The highest BCUT2D eigenvalue weighted by molar-refractivity contribution is 5.43. The van der Waals surface area contributed by atoms with Crippen molar-refractivity contribution in [2.45, 2.75) is 6.92 Å². The first-order valence-corrected chi connectivity index (χ1v) is 5.57. The molecule has 3 N–H and O–H groups in total. The Morgan fingerprint density at radius 1 is 1.38 bits per heavy atom. The van der Waals surface area contributed by atoms with E-state index in [4.69, 9.17) is 15.6 Å². The Morgan fingerprint density at radius 3 is 2.81 bits per heavy atom. The van der Waals surface area contributed by atoms with Crippen LogP contribution in [0.5, 0.6) is 5.75 Å². The van der Waals surface area contributed by atoms with Gasteiger partial charge in [-0.3, -0.25) is 4.90 Å². The van der Waals surface area contributed by atoms with Gasteiger partial charge in [0.05, 0.1) is 6.61 Å². The van der Waals surface area contributed by atoms with E-state index in [9.17, 15) is 0 Å². The summed E-state index contributed by atoms with van der Waals surface area (Å²) in [7, 11) is 0. The summed E-state index contributed by atoms with van der Waals surface area (Å²) in [6, 6.07) is 7.40. The van der Waals surface area contributed by atoms with Crippen LogP contribution >= 0.6 is 0 Å². The van der Waals surface area contributed by atoms with Crippen molar-refractivity contribution in [2.75, 3.05) is 38.6 Å². The highest BCUT2D eigenvalue weighted by atomic mass is 16.5. The third kappa shape index (κ3) is 4.51. The van der Waals surface area contributed by atoms with Crippen LogP contribution in [0.15, 0.2) is 24.3 Å². The molecule has 0 unspecified atom stereocenters. The average Bonchev–Trinajstić information content (AvgIpc) is 2.28. The van der Waals surface area contributed by atoms with Crippen LogP contribution in [0.2, 0.25) is 0 Å². The van der Waals surface area contributed by atoms with Crippen LogP contribution in [0.1, 0.15) is 6.92 Å². The fourth-order valence-electron chi connectivity index (χ4n) is 1.47. The molecule has 0 atom stereocenters. The lowest BCUT2D eigenvalue weighted by Crippen LogP contribution is -2.30. The van der Waals surface area contributed by atoms with E-state index in [1.54, 1.807) is 0 Å². The number of aliphatic hydroxyl groups is 1. The number of aliphatic hydroxyl groups excluding tert-OH is 1. The fraction of sp³-hybridized carbons (Fsp3) is 0.500. The van der Waals surface area contributed by atoms with Crippen molar-refractivity contribution in [3.05, 3.63) is 24.3 Å². The summed E-state index contributed by atoms with van der Waals surface area (Å²) in [6.07, 6.45) is 0. The van der Waals surface area contributed by atoms with Crippen molar-refractivity contribution in [1.29, 1.82) is 0 Å². The molecule has 0 bridgehead atoms. The maximum Gasteiger partial charge on any atom is 0.121 e. The van der Waals surface area contributed by atoms with Crippen molar-refractivity contribution in [2.24, 2.45) is 0 Å². The molecule has 0 aliphatic heterocycles. The highest BCUT2D eigenvalue weighted by Gasteiger charge is 2.01. The van der Waals surface area contributed by atoms with Crippen LogP contribution in [0.25, 0.3) is 0 Å². The van der Waals surface area contributed by atoms with E-state index in [0.717, 1.165) is 18.8 Å². The molecule has 1 rings (SSSR count). The maximum absolute atomic E-state index is 8.82. The summed E-state index contributed by atoms with van der Waals surface area (Å²) in [5, 5.41) is 8.82. The molecule has 0 saturated carbocycles. The van der Waals surface area contributed by atoms with Gasteiger partial charge in [-0.25, -0.2) is 0 Å². The highest BCUT2D eigenvalue weighted by Crippen LogP contribution is 2.14. The van der Waals surface area contributed by atoms with Gasteiger partial charge in [-0.1, -0.05) is 13.0 Å². The average molecular weight is 224 g/mol. The van der Waals surface area contributed by atoms with Gasteiger partial charge in [-0.2, -0.15) is 0 Å². The number of hydrogen-bond acceptors (Lipinski definition) is 4. The topological polar surface area (TPSA) is 58.7 Å². The summed E-state index contributed by atoms with van der Waals surface area (Å²) in [5.74, 6) is 0.792. The Morgan fingerprint density at radius 2 is 2.19 bits per heavy atom. The van der Waals surface area contributed by atoms with Gasteiger partial charge in [0, 0.05) is 24.8 Å². The molecule has 4 nitrogen and oxygen atoms in total. The summed E-state index contributed by atoms with van der Waals surface area (Å²) in [6.45, 7) is 5.28. The van der Waals surface area contributed by atoms with Gasteiger partial charge >= 0.3 is 0 Å². The lowest BCUT2D eigenvalue weighted by atomic mass is 10.3. The van der Waals surface area contributed by atoms with Crippen molar-refractivity contribution in [3.8, 4) is 5.75 Å². The molecule has 90 valence electrons. The molecule has 0 amide bonds. The Hall–Kier alpha value is -1.26. The van der Waals surface area contributed by atoms with Crippen LogP contribution < -0.4 is 10.5 Å². The molecule has 1 aromatic rings. The van der Waals surface area contributed by atoms with Crippen LogP contribution in [0.4, 0.5) is 5.69 Å². The van der Waals surface area contributed by atoms with Gasteiger partial charge in [0.25, 0.3) is 0 Å². The molecule has 4 heteroatoms. The molecule has 0 aliphatic rings. The second-order valence-corrected chi connectivity index (χ2v) is 3.58. The van der Waals surface area contributed by atoms with E-state index in [0.29, 0.717) is 18.8 Å². The Labute approximate surface area is 96.6 Å². The molecular weight excluding hydrogens is 204 g/mol. The van der Waals surface area contributed by atoms with Crippen molar-refractivity contribution in [3.63, 3.8) is 0 Å². The number of rotatable bonds is 7. The molecule has 0 spiro atoms. The first-order valence-electron chi connectivity index (χ1n) is 5.57. The molecule has 0 fully saturated rings. The number of anilines is 1. The number of hydrogen-bond donors (Lipinski definition) is 2. The maximum atomic E-state index is 8.82. The summed E-state index contributed by atoms with van der Waals surface area (Å²) in [5.41, 5.74) is 6.35. The number of likely N-dealkylation sites (N-methyl/N-ethyl adjacent to an activating group) is 1. The standard InChI is InChI=1S/C12H20N2O2/c1-2-14(6-8-15)7-9-16-12-5-3-4-11(13)10-12/h3-5,10,15H,2,6-9,13H2,1H3. The second kappa shape index (κ2) is 7.09. The molecular formula is C12H20N2O2. The molecule has 0 heterocycles. The van der Waals surface area contributed by atoms with Gasteiger partial charge in [0.1, 0.15) is 12.4 Å². The minimum Gasteiger partial charge on any atom is -0.492 e. The normalized spacial score (nSPS) is 10.7. The lowest BCUT2D eigenvalue weighted by Gasteiger charge is -2.19. The summed E-state index contributed by atoms with van der Waals surface area (Å²) >= 11 is 0. The fourth-order valence-corrected chi connectivity index (χ4v) is 1.47. The summed E-state index contributed by atoms with van der Waals surface area (Å²) in [4.78, 5) is 2.13. The molecule has 0 aromatic heterocycles. The number of nitrogen functional groups attached to an aromatic ring is 1. The Kier molecular flexibility index (Phi) is 5.67. The molecule has 1 aromatic carbocycles. The zero-order chi connectivity index (χ0) is 11.8. The van der Waals surface area contributed by atoms with Gasteiger partial charge in [0.2, 0.25) is 0 Å². The van der Waals surface area contributed by atoms with E-state index in [1.807, 2.05) is 24.3 Å². The van der Waals surface area contributed by atoms with E-state index in [-0.39, 0.29) is 6.61 Å². The van der Waals surface area contributed by atoms with Crippen molar-refractivity contribution in [1.82, 2.24) is 4.90 Å². The minimum absolute atomic E-state index is 0.187. The predicted molar refractivity (Wildman–Crippen MR) is 65.5 cm³/mol. The third-order valence-corrected chi connectivity index (χ3v) is 2.40. The zero-order valence-electron chi connectivity index (χ0n) is 9.72. The van der Waals surface area contributed by atoms with E-state index in [1.165, 1.54) is 0 Å². The third-order valence-electron chi connectivity index (χ3n) is 2.40. The quantitative estimate of drug-likeness (QED) is 0.677. The van der Waals surface area contributed by atoms with Gasteiger partial charge in [-0.05, 0) is 18.7 Å². The Bertz CT molecular complexity index is 305. The van der Waals surface area contributed by atoms with Crippen molar-refractivity contribution < 1.29 is 9.84 Å². The monoisotopic (exact) mass is 224 g/mol. The van der Waals surface area contributed by atoms with Gasteiger partial charge in [0.15, 0.2) is 0 Å². The number of nitrogens with zero attached hydrogens (tertiary/aromatic N) is 1. The van der Waals surface area contributed by atoms with Gasteiger partial charge in [-0.15, -0.1) is 0 Å². The smallest absolute Gasteiger partial charge is 0.121 e. The summed E-state index contributed by atoms with van der Waals surface area (Å²) < 4.78 is 5.56. The number of benzene rings is 1. The minimum atomic E-state index is 0.187. The first-order chi connectivity index (χ1) is 7.76. The number of ether oxygens (including phenoxy) is 1. The molecule has 0 saturated heterocycles. The SMILES string of the molecule is CCN(CCO)CCOc1cccc(N)c1. The van der Waals surface area contributed by atoms with E-state index in [2.05, 4.69) is 11.8 Å². The van der Waals surface area contributed by atoms with Crippen LogP contribution in [0, 0.1) is 0 Å². The van der Waals surface area contributed by atoms with Crippen LogP contribution in [-0.2, 0) is 0 Å². The first kappa shape index (κ1) is 12.8.